The van der Waals surface area contributed by atoms with Gasteiger partial charge >= 0.3 is 5.97 Å². The van der Waals surface area contributed by atoms with E-state index in [4.69, 9.17) is 14.2 Å². The van der Waals surface area contributed by atoms with E-state index in [1.54, 1.807) is 48.5 Å². The normalized spacial score (nSPS) is 10.8. The number of amides is 1. The van der Waals surface area contributed by atoms with Crippen LogP contribution in [-0.4, -0.2) is 31.3 Å². The number of esters is 1. The van der Waals surface area contributed by atoms with Crippen LogP contribution in [0.2, 0.25) is 0 Å². The van der Waals surface area contributed by atoms with E-state index in [1.165, 1.54) is 6.21 Å². The zero-order valence-electron chi connectivity index (χ0n) is 19.8. The lowest BCUT2D eigenvalue weighted by Gasteiger charge is -2.08. The third kappa shape index (κ3) is 6.70. The van der Waals surface area contributed by atoms with Gasteiger partial charge in [0.25, 0.3) is 5.91 Å². The highest BCUT2D eigenvalue weighted by molar-refractivity contribution is 5.91. The van der Waals surface area contributed by atoms with Crippen LogP contribution in [0.15, 0.2) is 96.1 Å². The first-order valence-electron chi connectivity index (χ1n) is 11.6. The fraction of sp³-hybridized carbons (Fsp3) is 0.138. The topological polar surface area (TPSA) is 86.2 Å². The fourth-order valence-corrected chi connectivity index (χ4v) is 3.37. The van der Waals surface area contributed by atoms with Crippen LogP contribution in [0, 0.1) is 0 Å². The van der Waals surface area contributed by atoms with Crippen LogP contribution >= 0.6 is 0 Å². The van der Waals surface area contributed by atoms with Gasteiger partial charge < -0.3 is 14.2 Å². The van der Waals surface area contributed by atoms with E-state index in [0.29, 0.717) is 29.4 Å². The molecule has 0 aliphatic heterocycles. The van der Waals surface area contributed by atoms with Crippen molar-refractivity contribution in [2.24, 2.45) is 5.10 Å². The summed E-state index contributed by atoms with van der Waals surface area (Å²) < 4.78 is 16.6. The Morgan fingerprint density at radius 3 is 2.33 bits per heavy atom. The number of nitrogens with zero attached hydrogens (tertiary/aromatic N) is 1. The molecule has 36 heavy (non-hydrogen) atoms. The quantitative estimate of drug-likeness (QED) is 0.142. The van der Waals surface area contributed by atoms with Crippen molar-refractivity contribution in [2.45, 2.75) is 13.3 Å². The highest BCUT2D eigenvalue weighted by Gasteiger charge is 2.09. The van der Waals surface area contributed by atoms with E-state index >= 15 is 0 Å². The molecule has 182 valence electrons. The molecule has 4 aromatic rings. The molecule has 0 radical (unpaired) electrons. The molecule has 0 saturated carbocycles. The Morgan fingerprint density at radius 2 is 1.56 bits per heavy atom. The van der Waals surface area contributed by atoms with Gasteiger partial charge in [0.05, 0.1) is 18.4 Å². The van der Waals surface area contributed by atoms with Gasteiger partial charge in [0.2, 0.25) is 0 Å². The van der Waals surface area contributed by atoms with Crippen LogP contribution in [0.3, 0.4) is 0 Å². The summed E-state index contributed by atoms with van der Waals surface area (Å²) in [5.74, 6) is 0.908. The molecule has 1 amide bonds. The van der Waals surface area contributed by atoms with E-state index in [9.17, 15) is 9.59 Å². The van der Waals surface area contributed by atoms with Crippen molar-refractivity contribution < 1.29 is 23.8 Å². The molecule has 0 bridgehead atoms. The number of benzene rings is 4. The highest BCUT2D eigenvalue weighted by Crippen LogP contribution is 2.25. The first-order valence-corrected chi connectivity index (χ1v) is 11.6. The Bertz CT molecular complexity index is 1340. The predicted octanol–water partition coefficient (Wildman–Crippen LogP) is 5.38. The number of carbonyl (C=O) groups excluding carboxylic acids is 2. The maximum absolute atomic E-state index is 12.4. The molecule has 4 aromatic carbocycles. The third-order valence-electron chi connectivity index (χ3n) is 5.16. The molecule has 0 fully saturated rings. The minimum atomic E-state index is -0.461. The second-order valence-corrected chi connectivity index (χ2v) is 7.89. The van der Waals surface area contributed by atoms with E-state index in [1.807, 2.05) is 49.4 Å². The highest BCUT2D eigenvalue weighted by atomic mass is 16.5. The molecule has 0 atom stereocenters. The summed E-state index contributed by atoms with van der Waals surface area (Å²) in [6.07, 6.45) is 2.41. The molecule has 0 saturated heterocycles. The smallest absolute Gasteiger partial charge is 0.343 e. The van der Waals surface area contributed by atoms with Crippen LogP contribution in [0.25, 0.3) is 10.8 Å². The van der Waals surface area contributed by atoms with Crippen molar-refractivity contribution >= 4 is 28.9 Å². The molecule has 0 unspecified atom stereocenters. The molecule has 0 aromatic heterocycles. The number of ether oxygens (including phenoxy) is 3. The predicted molar refractivity (Wildman–Crippen MR) is 139 cm³/mol. The minimum absolute atomic E-state index is 0.161. The standard InChI is InChI=1S/C29H26N2O5/c1-2-18-34-24-16-12-23(13-17-24)29(33)36-25-14-10-21(11-15-25)19-30-31-28(32)20-35-27-9-5-7-22-6-3-4-8-26(22)27/h3-17,19H,2,18,20H2,1H3,(H,31,32). The molecule has 0 heterocycles. The molecule has 0 aliphatic carbocycles. The van der Waals surface area contributed by atoms with Gasteiger partial charge in [0.15, 0.2) is 6.61 Å². The molecular weight excluding hydrogens is 456 g/mol. The molecule has 0 aliphatic rings. The van der Waals surface area contributed by atoms with Crippen LogP contribution in [0.4, 0.5) is 0 Å². The second-order valence-electron chi connectivity index (χ2n) is 7.89. The number of carbonyl (C=O) groups is 2. The molecule has 4 rings (SSSR count). The van der Waals surface area contributed by atoms with Crippen LogP contribution in [0.1, 0.15) is 29.3 Å². The van der Waals surface area contributed by atoms with Crippen molar-refractivity contribution in [2.75, 3.05) is 13.2 Å². The summed E-state index contributed by atoms with van der Waals surface area (Å²) in [6.45, 7) is 2.50. The van der Waals surface area contributed by atoms with Crippen LogP contribution < -0.4 is 19.6 Å². The van der Waals surface area contributed by atoms with E-state index < -0.39 is 5.97 Å². The Morgan fingerprint density at radius 1 is 0.833 bits per heavy atom. The van der Waals surface area contributed by atoms with Gasteiger partial charge in [-0.15, -0.1) is 0 Å². The Kier molecular flexibility index (Phi) is 8.27. The number of hydrazone groups is 1. The van der Waals surface area contributed by atoms with Gasteiger partial charge in [-0.3, -0.25) is 4.79 Å². The average molecular weight is 483 g/mol. The van der Waals surface area contributed by atoms with Gasteiger partial charge in [-0.05, 0) is 72.0 Å². The Balaban J connectivity index is 1.24. The minimum Gasteiger partial charge on any atom is -0.494 e. The first kappa shape index (κ1) is 24.5. The number of fused-ring (bicyclic) bond motifs is 1. The maximum atomic E-state index is 12.4. The van der Waals surface area contributed by atoms with Gasteiger partial charge in [-0.2, -0.15) is 5.10 Å². The van der Waals surface area contributed by atoms with E-state index in [-0.39, 0.29) is 12.5 Å². The second kappa shape index (κ2) is 12.2. The van der Waals surface area contributed by atoms with Crippen molar-refractivity contribution in [1.29, 1.82) is 0 Å². The number of hydrogen-bond acceptors (Lipinski definition) is 6. The first-order chi connectivity index (χ1) is 17.6. The van der Waals surface area contributed by atoms with Crippen LogP contribution in [-0.2, 0) is 4.79 Å². The van der Waals surface area contributed by atoms with Gasteiger partial charge in [0.1, 0.15) is 17.2 Å². The largest absolute Gasteiger partial charge is 0.494 e. The summed E-state index contributed by atoms with van der Waals surface area (Å²) in [6, 6.07) is 27.1. The van der Waals surface area contributed by atoms with Gasteiger partial charge in [-0.1, -0.05) is 43.3 Å². The van der Waals surface area contributed by atoms with E-state index in [0.717, 1.165) is 22.8 Å². The monoisotopic (exact) mass is 482 g/mol. The molecule has 0 spiro atoms. The summed E-state index contributed by atoms with van der Waals surface area (Å²) in [5.41, 5.74) is 3.60. The van der Waals surface area contributed by atoms with Crippen molar-refractivity contribution in [1.82, 2.24) is 5.43 Å². The molecule has 1 N–H and O–H groups in total. The van der Waals surface area contributed by atoms with Crippen molar-refractivity contribution in [3.8, 4) is 17.2 Å². The fourth-order valence-electron chi connectivity index (χ4n) is 3.37. The van der Waals surface area contributed by atoms with Crippen molar-refractivity contribution in [3.05, 3.63) is 102 Å². The van der Waals surface area contributed by atoms with Gasteiger partial charge in [0, 0.05) is 5.39 Å². The molecular formula is C29H26N2O5. The summed E-state index contributed by atoms with van der Waals surface area (Å²) in [5, 5.41) is 5.94. The zero-order valence-corrected chi connectivity index (χ0v) is 19.8. The lowest BCUT2D eigenvalue weighted by Crippen LogP contribution is -2.24. The maximum Gasteiger partial charge on any atom is 0.343 e. The summed E-state index contributed by atoms with van der Waals surface area (Å²) >= 11 is 0. The van der Waals surface area contributed by atoms with Crippen LogP contribution in [0.5, 0.6) is 17.2 Å². The lowest BCUT2D eigenvalue weighted by molar-refractivity contribution is -0.123. The zero-order chi connectivity index (χ0) is 25.2. The number of hydrogen-bond donors (Lipinski definition) is 1. The Labute approximate surface area is 209 Å². The third-order valence-corrected chi connectivity index (χ3v) is 5.16. The lowest BCUT2D eigenvalue weighted by atomic mass is 10.1. The van der Waals surface area contributed by atoms with Crippen molar-refractivity contribution in [3.63, 3.8) is 0 Å². The van der Waals surface area contributed by atoms with E-state index in [2.05, 4.69) is 10.5 Å². The number of rotatable bonds is 10. The molecule has 7 nitrogen and oxygen atoms in total. The van der Waals surface area contributed by atoms with Gasteiger partial charge in [-0.25, -0.2) is 10.2 Å². The Hall–Kier alpha value is -4.65. The summed E-state index contributed by atoms with van der Waals surface area (Å²) in [7, 11) is 0. The number of nitrogens with one attached hydrogen (secondary N) is 1. The molecule has 7 heteroatoms. The SMILES string of the molecule is CCCOc1ccc(C(=O)Oc2ccc(C=NNC(=O)COc3cccc4ccccc34)cc2)cc1. The summed E-state index contributed by atoms with van der Waals surface area (Å²) in [4.78, 5) is 24.5. The average Bonchev–Trinajstić information content (AvgIpc) is 2.92.